The van der Waals surface area contributed by atoms with Crippen LogP contribution in [0.5, 0.6) is 0 Å². The number of benzene rings is 2. The Kier molecular flexibility index (Phi) is 5.53. The third-order valence-electron chi connectivity index (χ3n) is 4.98. The highest BCUT2D eigenvalue weighted by Gasteiger charge is 2.18. The molecule has 1 amide bonds. The molecule has 0 atom stereocenters. The number of nitrogens with one attached hydrogen (secondary N) is 1. The molecule has 1 N–H and O–H groups in total. The molecule has 0 spiro atoms. The van der Waals surface area contributed by atoms with Crippen LogP contribution in [0.3, 0.4) is 0 Å². The second kappa shape index (κ2) is 8.65. The Morgan fingerprint density at radius 3 is 2.61 bits per heavy atom. The van der Waals surface area contributed by atoms with Crippen LogP contribution in [-0.4, -0.2) is 35.4 Å². The highest BCUT2D eigenvalue weighted by Crippen LogP contribution is 2.25. The van der Waals surface area contributed by atoms with Gasteiger partial charge in [0.15, 0.2) is 11.5 Å². The van der Waals surface area contributed by atoms with Crippen molar-refractivity contribution in [1.29, 1.82) is 0 Å². The molecule has 0 aliphatic heterocycles. The molecule has 0 saturated carbocycles. The molecule has 0 saturated heterocycles. The number of rotatable bonds is 5. The van der Waals surface area contributed by atoms with Gasteiger partial charge in [0, 0.05) is 16.1 Å². The average Bonchev–Trinajstić information content (AvgIpc) is 3.38. The van der Waals surface area contributed by atoms with Crippen LogP contribution < -0.4 is 5.32 Å². The van der Waals surface area contributed by atoms with Gasteiger partial charge in [-0.2, -0.15) is 14.9 Å². The molecular weight excluding hydrogens is 461 g/mol. The van der Waals surface area contributed by atoms with Crippen LogP contribution in [0.4, 0.5) is 5.82 Å². The first-order valence-corrected chi connectivity index (χ1v) is 10.8. The molecule has 164 valence electrons. The Balaban J connectivity index is 1.49. The van der Waals surface area contributed by atoms with Gasteiger partial charge in [-0.15, -0.1) is 0 Å². The van der Waals surface area contributed by atoms with Gasteiger partial charge in [-0.3, -0.25) is 4.79 Å². The number of amides is 1. The van der Waals surface area contributed by atoms with Gasteiger partial charge in [-0.05, 0) is 42.8 Å². The van der Waals surface area contributed by atoms with Crippen LogP contribution in [0.15, 0.2) is 67.1 Å². The lowest BCUT2D eigenvalue weighted by molar-refractivity contribution is -0.115. The molecule has 0 radical (unpaired) electrons. The van der Waals surface area contributed by atoms with Crippen LogP contribution in [0, 0.1) is 6.92 Å². The molecule has 10 heteroatoms. The maximum atomic E-state index is 12.7. The van der Waals surface area contributed by atoms with Gasteiger partial charge in [0.25, 0.3) is 0 Å². The van der Waals surface area contributed by atoms with E-state index in [0.717, 1.165) is 16.9 Å². The first-order chi connectivity index (χ1) is 16.0. The highest BCUT2D eigenvalue weighted by atomic mass is 35.5. The van der Waals surface area contributed by atoms with Gasteiger partial charge in [-0.1, -0.05) is 41.4 Å². The monoisotopic (exact) mass is 477 g/mol. The Bertz CT molecular complexity index is 1470. The molecule has 33 heavy (non-hydrogen) atoms. The van der Waals surface area contributed by atoms with E-state index in [1.54, 1.807) is 45.9 Å². The summed E-state index contributed by atoms with van der Waals surface area (Å²) in [5.41, 5.74) is 2.95. The summed E-state index contributed by atoms with van der Waals surface area (Å²) in [6, 6.07) is 16.3. The lowest BCUT2D eigenvalue weighted by Gasteiger charge is -2.09. The third kappa shape index (κ3) is 4.30. The number of carbonyl (C=O) groups excluding carboxylic acids is 1. The molecule has 0 aliphatic carbocycles. The molecule has 0 bridgehead atoms. The Labute approximate surface area is 198 Å². The standard InChI is InChI=1S/C23H17Cl2N7O/c1-14-9-20(29-21(33)10-15-5-7-16(24)8-6-15)32(30-14)23-19-12-28-31(22(19)26-13-27-23)18-4-2-3-17(25)11-18/h2-9,11-13H,10H2,1H3,(H,29,33). The number of hydrogen-bond acceptors (Lipinski definition) is 5. The Morgan fingerprint density at radius 1 is 1.00 bits per heavy atom. The Morgan fingerprint density at radius 2 is 1.82 bits per heavy atom. The zero-order valence-electron chi connectivity index (χ0n) is 17.4. The molecule has 0 fully saturated rings. The van der Waals surface area contributed by atoms with Gasteiger partial charge >= 0.3 is 0 Å². The van der Waals surface area contributed by atoms with Crippen molar-refractivity contribution < 1.29 is 4.79 Å². The summed E-state index contributed by atoms with van der Waals surface area (Å²) in [7, 11) is 0. The number of aromatic nitrogens is 6. The lowest BCUT2D eigenvalue weighted by Crippen LogP contribution is -2.17. The zero-order chi connectivity index (χ0) is 22.9. The van der Waals surface area contributed by atoms with E-state index in [0.29, 0.717) is 32.7 Å². The van der Waals surface area contributed by atoms with Crippen molar-refractivity contribution in [3.05, 3.63) is 88.4 Å². The van der Waals surface area contributed by atoms with Crippen molar-refractivity contribution in [2.75, 3.05) is 5.32 Å². The van der Waals surface area contributed by atoms with Crippen LogP contribution >= 0.6 is 23.2 Å². The van der Waals surface area contributed by atoms with Gasteiger partial charge < -0.3 is 5.32 Å². The minimum atomic E-state index is -0.182. The number of halogens is 2. The van der Waals surface area contributed by atoms with Crippen molar-refractivity contribution in [3.63, 3.8) is 0 Å². The van der Waals surface area contributed by atoms with E-state index in [-0.39, 0.29) is 12.3 Å². The second-order valence-corrected chi connectivity index (χ2v) is 8.28. The number of aryl methyl sites for hydroxylation is 1. The van der Waals surface area contributed by atoms with Gasteiger partial charge in [0.2, 0.25) is 5.91 Å². The van der Waals surface area contributed by atoms with E-state index in [1.807, 2.05) is 31.2 Å². The Hall–Kier alpha value is -3.75. The third-order valence-corrected chi connectivity index (χ3v) is 5.46. The van der Waals surface area contributed by atoms with E-state index < -0.39 is 0 Å². The molecular formula is C23H17Cl2N7O. The van der Waals surface area contributed by atoms with Crippen molar-refractivity contribution in [2.24, 2.45) is 0 Å². The summed E-state index contributed by atoms with van der Waals surface area (Å²) in [6.45, 7) is 1.85. The minimum absolute atomic E-state index is 0.182. The number of anilines is 1. The molecule has 2 aromatic carbocycles. The number of fused-ring (bicyclic) bond motifs is 1. The first kappa shape index (κ1) is 21.1. The van der Waals surface area contributed by atoms with Gasteiger partial charge in [0.1, 0.15) is 12.1 Å². The molecule has 0 unspecified atom stereocenters. The summed E-state index contributed by atoms with van der Waals surface area (Å²) < 4.78 is 3.27. The van der Waals surface area contributed by atoms with Crippen LogP contribution in [0.2, 0.25) is 10.0 Å². The summed E-state index contributed by atoms with van der Waals surface area (Å²) >= 11 is 12.1. The maximum Gasteiger partial charge on any atom is 0.229 e. The summed E-state index contributed by atoms with van der Waals surface area (Å²) in [6.07, 6.45) is 3.31. The average molecular weight is 478 g/mol. The minimum Gasteiger partial charge on any atom is -0.310 e. The van der Waals surface area contributed by atoms with Gasteiger partial charge in [0.05, 0.1) is 29.4 Å². The molecule has 3 aromatic heterocycles. The fourth-order valence-electron chi connectivity index (χ4n) is 3.52. The lowest BCUT2D eigenvalue weighted by atomic mass is 10.1. The van der Waals surface area contributed by atoms with Crippen molar-refractivity contribution in [2.45, 2.75) is 13.3 Å². The predicted octanol–water partition coefficient (Wildman–Crippen LogP) is 4.80. The van der Waals surface area contributed by atoms with Crippen LogP contribution in [0.25, 0.3) is 22.5 Å². The summed E-state index contributed by atoms with van der Waals surface area (Å²) in [4.78, 5) is 21.5. The zero-order valence-corrected chi connectivity index (χ0v) is 18.9. The van der Waals surface area contributed by atoms with Gasteiger partial charge in [-0.25, -0.2) is 14.6 Å². The SMILES string of the molecule is Cc1cc(NC(=O)Cc2ccc(Cl)cc2)n(-c2ncnc3c2cnn3-c2cccc(Cl)c2)n1. The number of carbonyl (C=O) groups is 1. The smallest absolute Gasteiger partial charge is 0.229 e. The van der Waals surface area contributed by atoms with Crippen molar-refractivity contribution in [3.8, 4) is 11.5 Å². The summed E-state index contributed by atoms with van der Waals surface area (Å²) in [5, 5.41) is 13.8. The van der Waals surface area contributed by atoms with Crippen molar-refractivity contribution in [1.82, 2.24) is 29.5 Å². The second-order valence-electron chi connectivity index (χ2n) is 7.40. The van der Waals surface area contributed by atoms with Crippen molar-refractivity contribution >= 4 is 46.0 Å². The first-order valence-electron chi connectivity index (χ1n) is 10.0. The molecule has 3 heterocycles. The van der Waals surface area contributed by atoms with E-state index in [4.69, 9.17) is 23.2 Å². The van der Waals surface area contributed by atoms with E-state index >= 15 is 0 Å². The maximum absolute atomic E-state index is 12.7. The summed E-state index contributed by atoms with van der Waals surface area (Å²) in [5.74, 6) is 0.823. The number of hydrogen-bond donors (Lipinski definition) is 1. The molecule has 5 rings (SSSR count). The quantitative estimate of drug-likeness (QED) is 0.392. The highest BCUT2D eigenvalue weighted by molar-refractivity contribution is 6.31. The predicted molar refractivity (Wildman–Crippen MR) is 127 cm³/mol. The van der Waals surface area contributed by atoms with Crippen LogP contribution in [0.1, 0.15) is 11.3 Å². The molecule has 0 aliphatic rings. The largest absolute Gasteiger partial charge is 0.310 e. The van der Waals surface area contributed by atoms with E-state index in [9.17, 15) is 4.79 Å². The fourth-order valence-corrected chi connectivity index (χ4v) is 3.83. The molecule has 8 nitrogen and oxygen atoms in total. The molecule has 5 aromatic rings. The van der Waals surface area contributed by atoms with E-state index in [2.05, 4.69) is 25.5 Å². The fraction of sp³-hybridized carbons (Fsp3) is 0.0870. The van der Waals surface area contributed by atoms with Crippen LogP contribution in [-0.2, 0) is 11.2 Å². The number of nitrogens with zero attached hydrogens (tertiary/aromatic N) is 6. The topological polar surface area (TPSA) is 90.5 Å². The van der Waals surface area contributed by atoms with E-state index in [1.165, 1.54) is 6.33 Å². The normalized spacial score (nSPS) is 11.1.